The number of hydrogen-bond acceptors (Lipinski definition) is 3. The van der Waals surface area contributed by atoms with Gasteiger partial charge < -0.3 is 5.73 Å². The Morgan fingerprint density at radius 2 is 2.22 bits per heavy atom. The number of nitrogens with zero attached hydrogens (tertiary/aromatic N) is 3. The Morgan fingerprint density at radius 1 is 1.44 bits per heavy atom. The number of hydrogen-bond donors (Lipinski definition) is 1. The number of piperidine rings is 1. The summed E-state index contributed by atoms with van der Waals surface area (Å²) in [4.78, 5) is 2.52. The SMILES string of the molecule is CCc1cc(CN2CCC(N)C(CC)C2)n(C)n1. The van der Waals surface area contributed by atoms with Gasteiger partial charge in [-0.05, 0) is 24.8 Å². The van der Waals surface area contributed by atoms with Gasteiger partial charge in [0.15, 0.2) is 0 Å². The molecule has 18 heavy (non-hydrogen) atoms. The molecule has 0 radical (unpaired) electrons. The van der Waals surface area contributed by atoms with E-state index in [0.717, 1.165) is 32.5 Å². The van der Waals surface area contributed by atoms with Gasteiger partial charge in [0.25, 0.3) is 0 Å². The average Bonchev–Trinajstić information content (AvgIpc) is 2.72. The lowest BCUT2D eigenvalue weighted by Crippen LogP contribution is -2.46. The Bertz CT molecular complexity index is 385. The van der Waals surface area contributed by atoms with Crippen LogP contribution in [-0.2, 0) is 20.0 Å². The van der Waals surface area contributed by atoms with Crippen LogP contribution in [0.2, 0.25) is 0 Å². The first-order valence-electron chi connectivity index (χ1n) is 7.13. The van der Waals surface area contributed by atoms with Crippen molar-refractivity contribution >= 4 is 0 Å². The molecule has 0 aromatic carbocycles. The summed E-state index contributed by atoms with van der Waals surface area (Å²) in [5.74, 6) is 0.651. The molecule has 2 rings (SSSR count). The van der Waals surface area contributed by atoms with Crippen molar-refractivity contribution < 1.29 is 0 Å². The summed E-state index contributed by atoms with van der Waals surface area (Å²) in [6, 6.07) is 2.62. The fraction of sp³-hybridized carbons (Fsp3) is 0.786. The number of likely N-dealkylation sites (tertiary alicyclic amines) is 1. The van der Waals surface area contributed by atoms with E-state index in [-0.39, 0.29) is 0 Å². The van der Waals surface area contributed by atoms with E-state index in [4.69, 9.17) is 5.73 Å². The molecule has 1 aliphatic heterocycles. The van der Waals surface area contributed by atoms with Gasteiger partial charge in [0.1, 0.15) is 0 Å². The lowest BCUT2D eigenvalue weighted by molar-refractivity contribution is 0.142. The third-order valence-corrected chi connectivity index (χ3v) is 4.18. The molecular weight excluding hydrogens is 224 g/mol. The van der Waals surface area contributed by atoms with Crippen LogP contribution in [0.15, 0.2) is 6.07 Å². The lowest BCUT2D eigenvalue weighted by Gasteiger charge is -2.36. The second-order valence-corrected chi connectivity index (χ2v) is 5.46. The van der Waals surface area contributed by atoms with E-state index < -0.39 is 0 Å². The number of aryl methyl sites for hydroxylation is 2. The number of rotatable bonds is 4. The van der Waals surface area contributed by atoms with Crippen LogP contribution in [0.3, 0.4) is 0 Å². The highest BCUT2D eigenvalue weighted by atomic mass is 15.3. The molecule has 2 unspecified atom stereocenters. The molecule has 2 N–H and O–H groups in total. The molecule has 4 heteroatoms. The molecule has 1 fully saturated rings. The normalized spacial score (nSPS) is 25.6. The summed E-state index contributed by atoms with van der Waals surface area (Å²) in [7, 11) is 2.04. The van der Waals surface area contributed by atoms with Gasteiger partial charge in [0.05, 0.1) is 11.4 Å². The topological polar surface area (TPSA) is 47.1 Å². The van der Waals surface area contributed by atoms with E-state index in [2.05, 4.69) is 29.9 Å². The molecule has 1 aliphatic rings. The highest BCUT2D eigenvalue weighted by molar-refractivity contribution is 5.10. The maximum absolute atomic E-state index is 6.16. The molecule has 2 heterocycles. The maximum Gasteiger partial charge on any atom is 0.0625 e. The van der Waals surface area contributed by atoms with Crippen molar-refractivity contribution in [2.75, 3.05) is 13.1 Å². The largest absolute Gasteiger partial charge is 0.327 e. The van der Waals surface area contributed by atoms with Gasteiger partial charge in [-0.1, -0.05) is 20.3 Å². The molecular formula is C14H26N4. The highest BCUT2D eigenvalue weighted by Crippen LogP contribution is 2.20. The minimum Gasteiger partial charge on any atom is -0.327 e. The summed E-state index contributed by atoms with van der Waals surface area (Å²) in [5.41, 5.74) is 8.66. The van der Waals surface area contributed by atoms with Crippen LogP contribution in [0.5, 0.6) is 0 Å². The fourth-order valence-electron chi connectivity index (χ4n) is 2.82. The average molecular weight is 250 g/mol. The molecule has 1 saturated heterocycles. The van der Waals surface area contributed by atoms with E-state index in [9.17, 15) is 0 Å². The van der Waals surface area contributed by atoms with Crippen molar-refractivity contribution in [1.29, 1.82) is 0 Å². The monoisotopic (exact) mass is 250 g/mol. The standard InChI is InChI=1S/C14H26N4/c1-4-11-9-18(7-6-14(11)15)10-13-8-12(5-2)16-17(13)3/h8,11,14H,4-7,9-10,15H2,1-3H3. The van der Waals surface area contributed by atoms with E-state index in [1.165, 1.54) is 17.8 Å². The van der Waals surface area contributed by atoms with Crippen LogP contribution in [0.1, 0.15) is 38.1 Å². The second-order valence-electron chi connectivity index (χ2n) is 5.46. The van der Waals surface area contributed by atoms with Crippen LogP contribution in [0.25, 0.3) is 0 Å². The van der Waals surface area contributed by atoms with Crippen LogP contribution < -0.4 is 5.73 Å². The molecule has 2 atom stereocenters. The van der Waals surface area contributed by atoms with Crippen molar-refractivity contribution in [2.45, 2.75) is 45.7 Å². The summed E-state index contributed by atoms with van der Waals surface area (Å²) in [6.07, 6.45) is 3.32. The van der Waals surface area contributed by atoms with E-state index in [0.29, 0.717) is 12.0 Å². The predicted molar refractivity (Wildman–Crippen MR) is 74.2 cm³/mol. The number of nitrogens with two attached hydrogens (primary N) is 1. The van der Waals surface area contributed by atoms with E-state index >= 15 is 0 Å². The third kappa shape index (κ3) is 2.93. The Morgan fingerprint density at radius 3 is 2.83 bits per heavy atom. The lowest BCUT2D eigenvalue weighted by atomic mass is 9.90. The van der Waals surface area contributed by atoms with Crippen molar-refractivity contribution in [3.05, 3.63) is 17.5 Å². The molecule has 0 saturated carbocycles. The van der Waals surface area contributed by atoms with Gasteiger partial charge in [-0.25, -0.2) is 0 Å². The van der Waals surface area contributed by atoms with Gasteiger partial charge in [-0.3, -0.25) is 9.58 Å². The molecule has 0 amide bonds. The van der Waals surface area contributed by atoms with Gasteiger partial charge in [0, 0.05) is 32.7 Å². The number of aromatic nitrogens is 2. The van der Waals surface area contributed by atoms with Gasteiger partial charge in [-0.2, -0.15) is 5.10 Å². The minimum atomic E-state index is 0.393. The molecule has 102 valence electrons. The molecule has 0 aliphatic carbocycles. The molecule has 0 bridgehead atoms. The third-order valence-electron chi connectivity index (χ3n) is 4.18. The van der Waals surface area contributed by atoms with Gasteiger partial charge in [0.2, 0.25) is 0 Å². The quantitative estimate of drug-likeness (QED) is 0.882. The fourth-order valence-corrected chi connectivity index (χ4v) is 2.82. The summed E-state index contributed by atoms with van der Waals surface area (Å²) < 4.78 is 2.02. The Balaban J connectivity index is 1.98. The Hall–Kier alpha value is -0.870. The van der Waals surface area contributed by atoms with E-state index in [1.807, 2.05) is 11.7 Å². The molecule has 4 nitrogen and oxygen atoms in total. The highest BCUT2D eigenvalue weighted by Gasteiger charge is 2.25. The van der Waals surface area contributed by atoms with Gasteiger partial charge >= 0.3 is 0 Å². The van der Waals surface area contributed by atoms with Crippen molar-refractivity contribution in [3.63, 3.8) is 0 Å². The summed E-state index contributed by atoms with van der Waals surface area (Å²) in [6.45, 7) is 7.65. The zero-order valence-corrected chi connectivity index (χ0v) is 11.9. The smallest absolute Gasteiger partial charge is 0.0625 e. The van der Waals surface area contributed by atoms with Crippen LogP contribution in [0.4, 0.5) is 0 Å². The first-order valence-corrected chi connectivity index (χ1v) is 7.13. The van der Waals surface area contributed by atoms with Crippen molar-refractivity contribution in [1.82, 2.24) is 14.7 Å². The van der Waals surface area contributed by atoms with Gasteiger partial charge in [-0.15, -0.1) is 0 Å². The summed E-state index contributed by atoms with van der Waals surface area (Å²) >= 11 is 0. The predicted octanol–water partition coefficient (Wildman–Crippen LogP) is 1.54. The van der Waals surface area contributed by atoms with Crippen molar-refractivity contribution in [3.8, 4) is 0 Å². The minimum absolute atomic E-state index is 0.393. The zero-order chi connectivity index (χ0) is 13.1. The van der Waals surface area contributed by atoms with Crippen LogP contribution in [0, 0.1) is 5.92 Å². The molecule has 0 spiro atoms. The Kier molecular flexibility index (Phi) is 4.40. The molecule has 1 aromatic rings. The second kappa shape index (κ2) is 5.85. The zero-order valence-electron chi connectivity index (χ0n) is 11.9. The summed E-state index contributed by atoms with van der Waals surface area (Å²) in [5, 5.41) is 4.51. The van der Waals surface area contributed by atoms with Crippen LogP contribution >= 0.6 is 0 Å². The molecule has 1 aromatic heterocycles. The Labute approximate surface area is 110 Å². The van der Waals surface area contributed by atoms with Crippen molar-refractivity contribution in [2.24, 2.45) is 18.7 Å². The first-order chi connectivity index (χ1) is 8.63. The first kappa shape index (κ1) is 13.6. The maximum atomic E-state index is 6.16. The van der Waals surface area contributed by atoms with Crippen LogP contribution in [-0.4, -0.2) is 33.8 Å². The van der Waals surface area contributed by atoms with E-state index in [1.54, 1.807) is 0 Å².